The van der Waals surface area contributed by atoms with E-state index in [-0.39, 0.29) is 24.2 Å². The molecule has 2 N–H and O–H groups in total. The van der Waals surface area contributed by atoms with E-state index in [1.807, 2.05) is 32.0 Å². The van der Waals surface area contributed by atoms with Crippen LogP contribution < -0.4 is 15.2 Å². The molecule has 0 spiro atoms. The molecule has 2 aromatic rings. The van der Waals surface area contributed by atoms with Crippen LogP contribution in [0.1, 0.15) is 29.7 Å². The number of hydrogen-bond donors (Lipinski definition) is 1. The van der Waals surface area contributed by atoms with Crippen molar-refractivity contribution in [1.29, 1.82) is 0 Å². The maximum absolute atomic E-state index is 14.0. The van der Waals surface area contributed by atoms with Gasteiger partial charge in [0.25, 0.3) is 0 Å². The van der Waals surface area contributed by atoms with E-state index in [0.29, 0.717) is 5.56 Å². The Bertz CT molecular complexity index is 626. The average molecular weight is 289 g/mol. The SMILES string of the molecule is COc1cccc(COc2ccc([C@H](C)N)cc2C)c1F. The van der Waals surface area contributed by atoms with E-state index in [2.05, 4.69) is 0 Å². The Labute approximate surface area is 124 Å². The largest absolute Gasteiger partial charge is 0.494 e. The Morgan fingerprint density at radius 2 is 1.95 bits per heavy atom. The van der Waals surface area contributed by atoms with Crippen molar-refractivity contribution in [2.45, 2.75) is 26.5 Å². The monoisotopic (exact) mass is 289 g/mol. The number of halogens is 1. The molecule has 0 aromatic heterocycles. The molecule has 2 rings (SSSR count). The fourth-order valence-corrected chi connectivity index (χ4v) is 2.10. The summed E-state index contributed by atoms with van der Waals surface area (Å²) in [7, 11) is 1.44. The molecule has 0 unspecified atom stereocenters. The lowest BCUT2D eigenvalue weighted by Crippen LogP contribution is -2.06. The molecular formula is C17H20FNO2. The summed E-state index contributed by atoms with van der Waals surface area (Å²) in [5, 5.41) is 0. The molecule has 0 bridgehead atoms. The first kappa shape index (κ1) is 15.3. The molecule has 4 heteroatoms. The van der Waals surface area contributed by atoms with Crippen LogP contribution in [0.4, 0.5) is 4.39 Å². The van der Waals surface area contributed by atoms with E-state index < -0.39 is 0 Å². The molecule has 3 nitrogen and oxygen atoms in total. The maximum Gasteiger partial charge on any atom is 0.171 e. The van der Waals surface area contributed by atoms with Crippen LogP contribution >= 0.6 is 0 Å². The third-order valence-corrected chi connectivity index (χ3v) is 3.37. The van der Waals surface area contributed by atoms with Gasteiger partial charge in [-0.15, -0.1) is 0 Å². The van der Waals surface area contributed by atoms with Gasteiger partial charge in [0.15, 0.2) is 11.6 Å². The zero-order valence-corrected chi connectivity index (χ0v) is 12.5. The van der Waals surface area contributed by atoms with E-state index in [1.54, 1.807) is 18.2 Å². The van der Waals surface area contributed by atoms with Gasteiger partial charge >= 0.3 is 0 Å². The second-order valence-corrected chi connectivity index (χ2v) is 5.04. The first-order chi connectivity index (χ1) is 10.0. The smallest absolute Gasteiger partial charge is 0.171 e. The molecule has 0 radical (unpaired) electrons. The summed E-state index contributed by atoms with van der Waals surface area (Å²) in [6, 6.07) is 10.8. The van der Waals surface area contributed by atoms with Crippen molar-refractivity contribution in [1.82, 2.24) is 0 Å². The predicted molar refractivity (Wildman–Crippen MR) is 81.1 cm³/mol. The number of benzene rings is 2. The number of hydrogen-bond acceptors (Lipinski definition) is 3. The Kier molecular flexibility index (Phi) is 4.81. The third-order valence-electron chi connectivity index (χ3n) is 3.37. The van der Waals surface area contributed by atoms with Crippen LogP contribution in [0.15, 0.2) is 36.4 Å². The van der Waals surface area contributed by atoms with Gasteiger partial charge in [-0.25, -0.2) is 4.39 Å². The Morgan fingerprint density at radius 1 is 1.19 bits per heavy atom. The van der Waals surface area contributed by atoms with Gasteiger partial charge < -0.3 is 15.2 Å². The molecule has 0 heterocycles. The van der Waals surface area contributed by atoms with Gasteiger partial charge in [-0.05, 0) is 37.1 Å². The fourth-order valence-electron chi connectivity index (χ4n) is 2.10. The van der Waals surface area contributed by atoms with E-state index in [1.165, 1.54) is 7.11 Å². The Balaban J connectivity index is 2.13. The second-order valence-electron chi connectivity index (χ2n) is 5.04. The normalized spacial score (nSPS) is 12.0. The molecule has 0 saturated heterocycles. The lowest BCUT2D eigenvalue weighted by Gasteiger charge is -2.13. The summed E-state index contributed by atoms with van der Waals surface area (Å²) in [6.07, 6.45) is 0. The fraction of sp³-hybridized carbons (Fsp3) is 0.294. The van der Waals surface area contributed by atoms with Crippen LogP contribution in [0.5, 0.6) is 11.5 Å². The predicted octanol–water partition coefficient (Wildman–Crippen LogP) is 3.74. The average Bonchev–Trinajstić information content (AvgIpc) is 2.47. The molecule has 112 valence electrons. The first-order valence-electron chi connectivity index (χ1n) is 6.83. The van der Waals surface area contributed by atoms with Gasteiger partial charge in [0, 0.05) is 11.6 Å². The number of ether oxygens (including phenoxy) is 2. The highest BCUT2D eigenvalue weighted by Crippen LogP contribution is 2.25. The van der Waals surface area contributed by atoms with Crippen molar-refractivity contribution in [3.63, 3.8) is 0 Å². The van der Waals surface area contributed by atoms with Crippen LogP contribution in [0.3, 0.4) is 0 Å². The Morgan fingerprint density at radius 3 is 2.57 bits per heavy atom. The quantitative estimate of drug-likeness (QED) is 0.912. The van der Waals surface area contributed by atoms with Crippen molar-refractivity contribution >= 4 is 0 Å². The molecule has 2 aromatic carbocycles. The molecule has 0 aliphatic heterocycles. The third kappa shape index (κ3) is 3.52. The van der Waals surface area contributed by atoms with Gasteiger partial charge in [0.05, 0.1) is 7.11 Å². The highest BCUT2D eigenvalue weighted by atomic mass is 19.1. The summed E-state index contributed by atoms with van der Waals surface area (Å²) < 4.78 is 24.7. The Hall–Kier alpha value is -2.07. The molecule has 0 fully saturated rings. The zero-order chi connectivity index (χ0) is 15.4. The van der Waals surface area contributed by atoms with Crippen LogP contribution in [0, 0.1) is 12.7 Å². The second kappa shape index (κ2) is 6.59. The molecule has 0 aliphatic carbocycles. The lowest BCUT2D eigenvalue weighted by molar-refractivity contribution is 0.293. The molecule has 21 heavy (non-hydrogen) atoms. The zero-order valence-electron chi connectivity index (χ0n) is 12.5. The van der Waals surface area contributed by atoms with E-state index >= 15 is 0 Å². The molecule has 1 atom stereocenters. The lowest BCUT2D eigenvalue weighted by atomic mass is 10.1. The van der Waals surface area contributed by atoms with Gasteiger partial charge in [0.1, 0.15) is 12.4 Å². The molecular weight excluding hydrogens is 269 g/mol. The summed E-state index contributed by atoms with van der Waals surface area (Å²) in [5.74, 6) is 0.562. The summed E-state index contributed by atoms with van der Waals surface area (Å²) in [4.78, 5) is 0. The van der Waals surface area contributed by atoms with Gasteiger partial charge in [-0.2, -0.15) is 0 Å². The summed E-state index contributed by atoms with van der Waals surface area (Å²) in [6.45, 7) is 4.03. The minimum atomic E-state index is -0.384. The van der Waals surface area contributed by atoms with Gasteiger partial charge in [0.2, 0.25) is 0 Å². The minimum Gasteiger partial charge on any atom is -0.494 e. The van der Waals surface area contributed by atoms with Crippen molar-refractivity contribution in [2.24, 2.45) is 5.73 Å². The van der Waals surface area contributed by atoms with Gasteiger partial charge in [-0.3, -0.25) is 0 Å². The number of methoxy groups -OCH3 is 1. The van der Waals surface area contributed by atoms with Gasteiger partial charge in [-0.1, -0.05) is 24.3 Å². The van der Waals surface area contributed by atoms with E-state index in [0.717, 1.165) is 16.9 Å². The molecule has 0 amide bonds. The minimum absolute atomic E-state index is 0.0198. The van der Waals surface area contributed by atoms with Crippen LogP contribution in [-0.4, -0.2) is 7.11 Å². The summed E-state index contributed by atoms with van der Waals surface area (Å²) >= 11 is 0. The van der Waals surface area contributed by atoms with Crippen molar-refractivity contribution < 1.29 is 13.9 Å². The number of nitrogens with two attached hydrogens (primary N) is 1. The van der Waals surface area contributed by atoms with Crippen molar-refractivity contribution in [3.8, 4) is 11.5 Å². The van der Waals surface area contributed by atoms with E-state index in [9.17, 15) is 4.39 Å². The van der Waals surface area contributed by atoms with Crippen molar-refractivity contribution in [2.75, 3.05) is 7.11 Å². The highest BCUT2D eigenvalue weighted by molar-refractivity contribution is 5.38. The van der Waals surface area contributed by atoms with Crippen LogP contribution in [0.25, 0.3) is 0 Å². The first-order valence-corrected chi connectivity index (χ1v) is 6.83. The topological polar surface area (TPSA) is 44.5 Å². The number of aryl methyl sites for hydroxylation is 1. The number of rotatable bonds is 5. The highest BCUT2D eigenvalue weighted by Gasteiger charge is 2.10. The molecule has 0 saturated carbocycles. The molecule has 0 aliphatic rings. The van der Waals surface area contributed by atoms with Crippen LogP contribution in [0.2, 0.25) is 0 Å². The van der Waals surface area contributed by atoms with E-state index in [4.69, 9.17) is 15.2 Å². The van der Waals surface area contributed by atoms with Crippen LogP contribution in [-0.2, 0) is 6.61 Å². The van der Waals surface area contributed by atoms with Crippen molar-refractivity contribution in [3.05, 3.63) is 58.9 Å². The maximum atomic E-state index is 14.0. The standard InChI is InChI=1S/C17H20FNO2/c1-11-9-13(12(2)19)7-8-15(11)21-10-14-5-4-6-16(20-3)17(14)18/h4-9,12H,10,19H2,1-3H3/t12-/m0/s1. The summed E-state index contributed by atoms with van der Waals surface area (Å²) in [5.41, 5.74) is 8.34.